The van der Waals surface area contributed by atoms with Crippen LogP contribution in [-0.2, 0) is 9.53 Å². The van der Waals surface area contributed by atoms with Gasteiger partial charge in [-0.2, -0.15) is 0 Å². The van der Waals surface area contributed by atoms with Crippen molar-refractivity contribution in [2.45, 2.75) is 13.0 Å². The van der Waals surface area contributed by atoms with E-state index in [9.17, 15) is 4.79 Å². The number of hydrogen-bond donors (Lipinski definition) is 0. The number of carbonyl (C=O) groups excluding carboxylic acids is 1. The molecule has 0 spiro atoms. The smallest absolute Gasteiger partial charge is 0.334 e. The molecule has 0 heterocycles. The van der Waals surface area contributed by atoms with Crippen molar-refractivity contribution in [3.8, 4) is 0 Å². The van der Waals surface area contributed by atoms with E-state index in [0.717, 1.165) is 11.1 Å². The van der Waals surface area contributed by atoms with E-state index in [1.807, 2.05) is 72.8 Å². The number of benzene rings is 2. The third-order valence-corrected chi connectivity index (χ3v) is 2.97. The first-order chi connectivity index (χ1) is 10.2. The molecule has 0 saturated heterocycles. The summed E-state index contributed by atoms with van der Waals surface area (Å²) in [6.07, 6.45) is 3.41. The van der Waals surface area contributed by atoms with Crippen molar-refractivity contribution in [1.82, 2.24) is 0 Å². The molecule has 0 aliphatic rings. The lowest BCUT2D eigenvalue weighted by Crippen LogP contribution is -2.10. The van der Waals surface area contributed by atoms with Crippen molar-refractivity contribution >= 4 is 12.0 Å². The van der Waals surface area contributed by atoms with Crippen molar-refractivity contribution in [2.75, 3.05) is 0 Å². The maximum absolute atomic E-state index is 11.8. The van der Waals surface area contributed by atoms with Crippen LogP contribution in [0.4, 0.5) is 0 Å². The molecule has 0 bridgehead atoms. The van der Waals surface area contributed by atoms with Crippen LogP contribution in [0.2, 0.25) is 0 Å². The van der Waals surface area contributed by atoms with E-state index in [4.69, 9.17) is 4.74 Å². The zero-order chi connectivity index (χ0) is 15.1. The highest BCUT2D eigenvalue weighted by molar-refractivity contribution is 5.87. The standard InChI is InChI=1S/C19H18O2/c1-15(2)19(20)21-18(17-11-7-4-8-12-17)14-13-16-9-5-3-6-10-16/h3-14,18H,1H2,2H3. The van der Waals surface area contributed by atoms with Crippen LogP contribution in [0.5, 0.6) is 0 Å². The molecule has 1 unspecified atom stereocenters. The van der Waals surface area contributed by atoms with Crippen LogP contribution in [0.1, 0.15) is 24.2 Å². The fraction of sp³-hybridized carbons (Fsp3) is 0.105. The fourth-order valence-electron chi connectivity index (χ4n) is 1.84. The Hall–Kier alpha value is -2.61. The second-order valence-electron chi connectivity index (χ2n) is 4.79. The molecule has 0 aliphatic heterocycles. The minimum absolute atomic E-state index is 0.387. The number of esters is 1. The van der Waals surface area contributed by atoms with Gasteiger partial charge >= 0.3 is 5.97 Å². The predicted molar refractivity (Wildman–Crippen MR) is 85.6 cm³/mol. The van der Waals surface area contributed by atoms with Crippen LogP contribution >= 0.6 is 0 Å². The van der Waals surface area contributed by atoms with Gasteiger partial charge in [0.2, 0.25) is 0 Å². The highest BCUT2D eigenvalue weighted by Crippen LogP contribution is 2.21. The Morgan fingerprint density at radius 1 is 1.05 bits per heavy atom. The lowest BCUT2D eigenvalue weighted by molar-refractivity contribution is -0.142. The second kappa shape index (κ2) is 7.25. The zero-order valence-corrected chi connectivity index (χ0v) is 12.0. The van der Waals surface area contributed by atoms with E-state index in [-0.39, 0.29) is 5.97 Å². The minimum atomic E-state index is -0.421. The number of rotatable bonds is 5. The van der Waals surface area contributed by atoms with Crippen LogP contribution < -0.4 is 0 Å². The summed E-state index contributed by atoms with van der Waals surface area (Å²) in [7, 11) is 0. The average Bonchev–Trinajstić information content (AvgIpc) is 2.53. The molecule has 106 valence electrons. The SMILES string of the molecule is C=C(C)C(=O)OC(C=Cc1ccccc1)c1ccccc1. The fourth-order valence-corrected chi connectivity index (χ4v) is 1.84. The lowest BCUT2D eigenvalue weighted by Gasteiger charge is -2.15. The molecule has 0 radical (unpaired) electrons. The van der Waals surface area contributed by atoms with Crippen molar-refractivity contribution in [1.29, 1.82) is 0 Å². The van der Waals surface area contributed by atoms with E-state index in [1.54, 1.807) is 6.92 Å². The summed E-state index contributed by atoms with van der Waals surface area (Å²) in [5, 5.41) is 0. The summed E-state index contributed by atoms with van der Waals surface area (Å²) < 4.78 is 5.49. The van der Waals surface area contributed by atoms with Crippen LogP contribution in [0.25, 0.3) is 6.08 Å². The van der Waals surface area contributed by atoms with Gasteiger partial charge in [0.15, 0.2) is 0 Å². The van der Waals surface area contributed by atoms with E-state index in [2.05, 4.69) is 6.58 Å². The number of carbonyl (C=O) groups is 1. The molecule has 2 aromatic rings. The first-order valence-corrected chi connectivity index (χ1v) is 6.81. The van der Waals surface area contributed by atoms with Gasteiger partial charge in [-0.1, -0.05) is 73.3 Å². The molecule has 2 aromatic carbocycles. The van der Waals surface area contributed by atoms with Crippen LogP contribution in [0.3, 0.4) is 0 Å². The first kappa shape index (κ1) is 14.8. The third kappa shape index (κ3) is 4.46. The largest absolute Gasteiger partial charge is 0.450 e. The molecule has 1 atom stereocenters. The maximum atomic E-state index is 11.8. The molecule has 2 rings (SSSR count). The van der Waals surface area contributed by atoms with Crippen LogP contribution in [0, 0.1) is 0 Å². The molecule has 0 aliphatic carbocycles. The van der Waals surface area contributed by atoms with Gasteiger partial charge < -0.3 is 4.74 Å². The Morgan fingerprint density at radius 2 is 1.62 bits per heavy atom. The zero-order valence-electron chi connectivity index (χ0n) is 12.0. The van der Waals surface area contributed by atoms with Gasteiger partial charge in [-0.15, -0.1) is 0 Å². The van der Waals surface area contributed by atoms with Gasteiger partial charge in [0, 0.05) is 5.57 Å². The van der Waals surface area contributed by atoms with Crippen molar-refractivity contribution in [3.05, 3.63) is 90.0 Å². The Kier molecular flexibility index (Phi) is 5.10. The molecule has 2 heteroatoms. The molecule has 0 aromatic heterocycles. The van der Waals surface area contributed by atoms with Crippen LogP contribution in [0.15, 0.2) is 78.9 Å². The normalized spacial score (nSPS) is 12.0. The van der Waals surface area contributed by atoms with Crippen molar-refractivity contribution < 1.29 is 9.53 Å². The first-order valence-electron chi connectivity index (χ1n) is 6.81. The number of ether oxygens (including phenoxy) is 1. The predicted octanol–water partition coefficient (Wildman–Crippen LogP) is 4.56. The second-order valence-corrected chi connectivity index (χ2v) is 4.79. The summed E-state index contributed by atoms with van der Waals surface area (Å²) in [4.78, 5) is 11.8. The molecule has 2 nitrogen and oxygen atoms in total. The van der Waals surface area contributed by atoms with Gasteiger partial charge in [0.1, 0.15) is 6.10 Å². The summed E-state index contributed by atoms with van der Waals surface area (Å²) >= 11 is 0. The topological polar surface area (TPSA) is 26.3 Å². The third-order valence-electron chi connectivity index (χ3n) is 2.97. The Bertz CT molecular complexity index is 627. The monoisotopic (exact) mass is 278 g/mol. The van der Waals surface area contributed by atoms with E-state index >= 15 is 0 Å². The molecule has 0 saturated carbocycles. The van der Waals surface area contributed by atoms with E-state index in [1.165, 1.54) is 0 Å². The van der Waals surface area contributed by atoms with Crippen molar-refractivity contribution in [3.63, 3.8) is 0 Å². The Labute approximate surface area is 125 Å². The Balaban J connectivity index is 2.22. The lowest BCUT2D eigenvalue weighted by atomic mass is 10.1. The highest BCUT2D eigenvalue weighted by Gasteiger charge is 2.13. The summed E-state index contributed by atoms with van der Waals surface area (Å²) in [6, 6.07) is 19.6. The van der Waals surface area contributed by atoms with Crippen LogP contribution in [-0.4, -0.2) is 5.97 Å². The summed E-state index contributed by atoms with van der Waals surface area (Å²) in [5.41, 5.74) is 2.38. The van der Waals surface area contributed by atoms with Crippen molar-refractivity contribution in [2.24, 2.45) is 0 Å². The maximum Gasteiger partial charge on any atom is 0.334 e. The van der Waals surface area contributed by atoms with Gasteiger partial charge in [0.05, 0.1) is 0 Å². The minimum Gasteiger partial charge on any atom is -0.450 e. The summed E-state index contributed by atoms with van der Waals surface area (Å²) in [6.45, 7) is 5.27. The molecular formula is C19H18O2. The van der Waals surface area contributed by atoms with E-state index in [0.29, 0.717) is 5.57 Å². The molecular weight excluding hydrogens is 260 g/mol. The molecule has 0 amide bonds. The van der Waals surface area contributed by atoms with Gasteiger partial charge in [-0.05, 0) is 24.1 Å². The highest BCUT2D eigenvalue weighted by atomic mass is 16.5. The number of hydrogen-bond acceptors (Lipinski definition) is 2. The Morgan fingerprint density at radius 3 is 2.19 bits per heavy atom. The van der Waals surface area contributed by atoms with Gasteiger partial charge in [0.25, 0.3) is 0 Å². The van der Waals surface area contributed by atoms with E-state index < -0.39 is 6.10 Å². The molecule has 21 heavy (non-hydrogen) atoms. The van der Waals surface area contributed by atoms with Gasteiger partial charge in [-0.25, -0.2) is 4.79 Å². The molecule has 0 N–H and O–H groups in total. The van der Waals surface area contributed by atoms with Gasteiger partial charge in [-0.3, -0.25) is 0 Å². The average molecular weight is 278 g/mol. The quantitative estimate of drug-likeness (QED) is 0.592. The molecule has 0 fully saturated rings. The summed E-state index contributed by atoms with van der Waals surface area (Å²) in [5.74, 6) is -0.387.